The zero-order valence-electron chi connectivity index (χ0n) is 32.3. The third-order valence-electron chi connectivity index (χ3n) is 30.5. The van der Waals surface area contributed by atoms with Crippen LogP contribution in [0, 0.1) is 59.2 Å². The van der Waals surface area contributed by atoms with Crippen molar-refractivity contribution in [2.75, 3.05) is 32.3 Å². The fourth-order valence-electron chi connectivity index (χ4n) is 34.2. The molecule has 0 aromatic carbocycles. The van der Waals surface area contributed by atoms with E-state index < -0.39 is 14.6 Å². The van der Waals surface area contributed by atoms with Gasteiger partial charge >= 0.3 is 306 Å². The summed E-state index contributed by atoms with van der Waals surface area (Å²) in [6.45, 7) is 10.4. The molecule has 8 atom stereocenters. The third kappa shape index (κ3) is 0.994. The maximum atomic E-state index is 4.17. The second-order valence-electron chi connectivity index (χ2n) is 27.8. The van der Waals surface area contributed by atoms with Crippen LogP contribution in [0.25, 0.3) is 0 Å². The normalized spacial score (nSPS) is 81.0. The first-order valence-corrected chi connectivity index (χ1v) is 35.5. The van der Waals surface area contributed by atoms with E-state index in [1.54, 1.807) is 77.0 Å². The van der Waals surface area contributed by atoms with Gasteiger partial charge in [0.1, 0.15) is 0 Å². The maximum absolute atomic E-state index is 4.17. The number of rotatable bonds is 8. The van der Waals surface area contributed by atoms with E-state index in [0.717, 1.165) is 48.1 Å². The van der Waals surface area contributed by atoms with Gasteiger partial charge in [0.2, 0.25) is 0 Å². The molecule has 12 aliphatic heterocycles. The van der Waals surface area contributed by atoms with E-state index in [9.17, 15) is 0 Å². The van der Waals surface area contributed by atoms with Gasteiger partial charge in [0.05, 0.1) is 0 Å². The molecule has 20 rings (SSSR count). The summed E-state index contributed by atoms with van der Waals surface area (Å²) < 4.78 is 3.02. The summed E-state index contributed by atoms with van der Waals surface area (Å²) in [6.07, 6.45) is 25.0. The van der Waals surface area contributed by atoms with Gasteiger partial charge in [0, 0.05) is 0 Å². The van der Waals surface area contributed by atoms with E-state index in [4.69, 9.17) is 0 Å². The predicted molar refractivity (Wildman–Crippen MR) is 215 cm³/mol. The van der Waals surface area contributed by atoms with E-state index in [2.05, 4.69) is 39.5 Å². The molecule has 2 nitrogen and oxygen atoms in total. The zero-order chi connectivity index (χ0) is 33.2. The minimum absolute atomic E-state index is 0.171. The van der Waals surface area contributed by atoms with Crippen molar-refractivity contribution < 1.29 is 6.51 Å². The van der Waals surface area contributed by atoms with Crippen LogP contribution < -0.4 is 10.6 Å². The summed E-state index contributed by atoms with van der Waals surface area (Å²) in [6, 6.07) is 0. The van der Waals surface area contributed by atoms with Crippen LogP contribution in [0.5, 0.6) is 0 Å². The molecule has 0 radical (unpaired) electrons. The second kappa shape index (κ2) is 5.30. The first-order chi connectivity index (χ1) is 24.5. The van der Waals surface area contributed by atoms with Crippen LogP contribution in [0.3, 0.4) is 0 Å². The molecule has 8 bridgehead atoms. The monoisotopic (exact) mass is 784 g/mol. The van der Waals surface area contributed by atoms with Crippen LogP contribution in [0.4, 0.5) is 0 Å². The van der Waals surface area contributed by atoms with Gasteiger partial charge in [-0.15, -0.1) is 0 Å². The van der Waals surface area contributed by atoms with Crippen LogP contribution >= 0.6 is 17.2 Å². The standard InChI is InChI=1S/C40H65N2P2Si.C5H5.Fe/c1-45(2,3)36-20-33(37(21-36)40(43,34-6-4-8-41-22-34)35-7-5-9-42-23-35)24-44(38-29-12-25-10-26(14-29)15-30(38)13-25)39-31-16-27-11-28(18-31)19-32(39)17-27;1-2-4-5-3-1;/h20-21,25-32,34-35,38-39,41-42H,4-19,22-24,43H2,1-3H3;1-5H;. The van der Waals surface area contributed by atoms with Crippen molar-refractivity contribution in [3.05, 3.63) is 0 Å². The Morgan fingerprint density at radius 1 is 0.647 bits per heavy atom. The molecular weight excluding hydrogens is 714 g/mol. The molecule has 0 aromatic rings. The molecule has 0 aromatic heterocycles. The topological polar surface area (TPSA) is 24.1 Å². The Kier molecular flexibility index (Phi) is 3.00. The number of fused-ring (bicyclic) bond motifs is 10. The molecule has 51 heavy (non-hydrogen) atoms. The summed E-state index contributed by atoms with van der Waals surface area (Å²) in [5.41, 5.74) is 2.48. The van der Waals surface area contributed by atoms with E-state index in [1.807, 2.05) is 6.16 Å². The zero-order valence-corrected chi connectivity index (χ0v) is 36.4. The Morgan fingerprint density at radius 3 is 1.43 bits per heavy atom. The fraction of sp³-hybridized carbons (Fsp3) is 1.00. The van der Waals surface area contributed by atoms with E-state index in [1.165, 1.54) is 108 Å². The number of hydrogen-bond donors (Lipinski definition) is 2. The Balaban J connectivity index is 0.895. The van der Waals surface area contributed by atoms with Crippen molar-refractivity contribution in [1.29, 1.82) is 0 Å². The summed E-state index contributed by atoms with van der Waals surface area (Å²) in [5.74, 6) is 11.3. The second-order valence-corrected chi connectivity index (χ2v) is 60.1. The third-order valence-corrected chi connectivity index (χ3v) is 89.8. The summed E-state index contributed by atoms with van der Waals surface area (Å²) in [4.78, 5) is 10.1. The van der Waals surface area contributed by atoms with Crippen LogP contribution in [0.1, 0.15) is 89.9 Å². The first kappa shape index (κ1) is 28.8. The van der Waals surface area contributed by atoms with Crippen LogP contribution in [0.15, 0.2) is 0 Å². The summed E-state index contributed by atoms with van der Waals surface area (Å²) >= 11 is 0. The molecule has 8 aliphatic carbocycles. The van der Waals surface area contributed by atoms with E-state index in [-0.39, 0.29) is 7.92 Å². The molecule has 8 unspecified atom stereocenters. The van der Waals surface area contributed by atoms with Crippen molar-refractivity contribution in [3.8, 4) is 0 Å². The predicted octanol–water partition coefficient (Wildman–Crippen LogP) is 11.1. The number of nitrogens with one attached hydrogen (secondary N) is 2. The average Bonchev–Trinajstić information content (AvgIpc) is 4.06. The van der Waals surface area contributed by atoms with Gasteiger partial charge in [-0.3, -0.25) is 0 Å². The molecular formula is C45H70FeN2P2Si. The quantitative estimate of drug-likeness (QED) is 0.189. The molecule has 0 amide bonds. The van der Waals surface area contributed by atoms with E-state index >= 15 is 0 Å². The number of hydrogen-bond acceptors (Lipinski definition) is 2. The molecule has 20 aliphatic rings. The first-order valence-electron chi connectivity index (χ1n) is 23.6. The van der Waals surface area contributed by atoms with Crippen molar-refractivity contribution in [2.24, 2.45) is 59.2 Å². The molecule has 12 heterocycles. The van der Waals surface area contributed by atoms with Gasteiger partial charge in [0.15, 0.2) is 0 Å². The van der Waals surface area contributed by atoms with Crippen molar-refractivity contribution >= 4 is 25.2 Å². The van der Waals surface area contributed by atoms with Crippen molar-refractivity contribution in [1.82, 2.24) is 10.6 Å². The molecule has 6 heteroatoms. The van der Waals surface area contributed by atoms with E-state index in [0.29, 0.717) is 5.16 Å². The minimum atomic E-state index is -4.04. The molecule has 1 spiro atoms. The Labute approximate surface area is 304 Å². The van der Waals surface area contributed by atoms with Gasteiger partial charge in [-0.1, -0.05) is 0 Å². The number of piperidine rings is 2. The fourth-order valence-corrected chi connectivity index (χ4v) is 152. The molecule has 282 valence electrons. The van der Waals surface area contributed by atoms with Crippen molar-refractivity contribution in [3.63, 3.8) is 0 Å². The SMILES string of the molecule is C[Si](C)(C)[C]12[CH]3[C]4(CP(C5C6CC7CC(C6)CC5C7)C5C6CC7CC(C6)CC5C7)[C]5(C(P)(C6CCCNC6)C6CCCNC6)[CH]1[Fe]34521678[CH]2[CH]1[CH]6[CH]7[CH]28. The van der Waals surface area contributed by atoms with Gasteiger partial charge < -0.3 is 0 Å². The van der Waals surface area contributed by atoms with Crippen molar-refractivity contribution in [2.45, 2.75) is 172 Å². The Morgan fingerprint density at radius 2 is 1.08 bits per heavy atom. The summed E-state index contributed by atoms with van der Waals surface area (Å²) in [5, 5.41) is 8.88. The summed E-state index contributed by atoms with van der Waals surface area (Å²) in [7, 11) is 3.05. The van der Waals surface area contributed by atoms with Crippen LogP contribution in [0.2, 0.25) is 65.9 Å². The van der Waals surface area contributed by atoms with Gasteiger partial charge in [-0.25, -0.2) is 0 Å². The van der Waals surface area contributed by atoms with Gasteiger partial charge in [0.25, 0.3) is 0 Å². The molecule has 2 N–H and O–H groups in total. The molecule has 20 fully saturated rings. The molecule has 12 saturated heterocycles. The Hall–Kier alpha value is 1.52. The van der Waals surface area contributed by atoms with Gasteiger partial charge in [-0.05, 0) is 0 Å². The van der Waals surface area contributed by atoms with Crippen LogP contribution in [-0.4, -0.2) is 56.9 Å². The molecule has 8 saturated carbocycles. The van der Waals surface area contributed by atoms with Gasteiger partial charge in [-0.2, -0.15) is 0 Å². The van der Waals surface area contributed by atoms with Crippen LogP contribution in [-0.2, 0) is 6.51 Å². The average molecular weight is 785 g/mol. The Bertz CT molecular complexity index is 2030.